The lowest BCUT2D eigenvalue weighted by Crippen LogP contribution is -2.17. The van der Waals surface area contributed by atoms with Gasteiger partial charge >= 0.3 is 0 Å². The molecule has 1 nitrogen and oxygen atoms in total. The molecule has 0 radical (unpaired) electrons. The first-order valence-corrected chi connectivity index (χ1v) is 3.62. The molecule has 0 saturated heterocycles. The van der Waals surface area contributed by atoms with Crippen molar-refractivity contribution in [3.63, 3.8) is 0 Å². The molecule has 0 bridgehead atoms. The molecule has 0 saturated carbocycles. The van der Waals surface area contributed by atoms with Gasteiger partial charge in [0.1, 0.15) is 0 Å². The second kappa shape index (κ2) is 3.83. The Morgan fingerprint density at radius 1 is 1.33 bits per heavy atom. The van der Waals surface area contributed by atoms with E-state index in [4.69, 9.17) is 17.0 Å². The lowest BCUT2D eigenvalue weighted by Gasteiger charge is -2.16. The van der Waals surface area contributed by atoms with Gasteiger partial charge in [0.25, 0.3) is 0 Å². The molecular weight excluding hydrogens is 132 g/mol. The summed E-state index contributed by atoms with van der Waals surface area (Å²) in [6.45, 7) is 8.06. The fourth-order valence-electron chi connectivity index (χ4n) is 0.398. The van der Waals surface area contributed by atoms with Crippen molar-refractivity contribution in [2.75, 3.05) is 0 Å². The molecule has 0 N–H and O–H groups in total. The summed E-state index contributed by atoms with van der Waals surface area (Å²) >= 11 is 4.77. The smallest absolute Gasteiger partial charge is 0.157 e. The van der Waals surface area contributed by atoms with Crippen molar-refractivity contribution in [2.45, 2.75) is 33.8 Å². The van der Waals surface area contributed by atoms with E-state index in [-0.39, 0.29) is 6.10 Å². The van der Waals surface area contributed by atoms with Crippen LogP contribution in [0.2, 0.25) is 0 Å². The van der Waals surface area contributed by atoms with Crippen LogP contribution in [0, 0.1) is 5.92 Å². The summed E-state index contributed by atoms with van der Waals surface area (Å²) in [6, 6.07) is 0. The van der Waals surface area contributed by atoms with E-state index in [0.29, 0.717) is 11.0 Å². The minimum Gasteiger partial charge on any atom is -0.484 e. The van der Waals surface area contributed by atoms with Crippen LogP contribution in [0.25, 0.3) is 0 Å². The van der Waals surface area contributed by atoms with Crippen LogP contribution >= 0.6 is 12.2 Å². The van der Waals surface area contributed by atoms with E-state index in [1.54, 1.807) is 6.92 Å². The van der Waals surface area contributed by atoms with Crippen molar-refractivity contribution in [3.8, 4) is 0 Å². The molecule has 0 aromatic rings. The average Bonchev–Trinajstić information content (AvgIpc) is 1.63. The van der Waals surface area contributed by atoms with Crippen molar-refractivity contribution in [1.29, 1.82) is 0 Å². The monoisotopic (exact) mass is 146 g/mol. The highest BCUT2D eigenvalue weighted by atomic mass is 32.1. The SMILES string of the molecule is CC(=S)OC(C)C(C)C. The predicted molar refractivity (Wildman–Crippen MR) is 43.7 cm³/mol. The first kappa shape index (κ1) is 8.89. The Morgan fingerprint density at radius 2 is 1.78 bits per heavy atom. The Bertz CT molecular complexity index is 99.1. The summed E-state index contributed by atoms with van der Waals surface area (Å²) in [5.41, 5.74) is 0. The molecule has 0 aliphatic heterocycles. The van der Waals surface area contributed by atoms with Crippen molar-refractivity contribution in [3.05, 3.63) is 0 Å². The van der Waals surface area contributed by atoms with Crippen LogP contribution < -0.4 is 0 Å². The fourth-order valence-corrected chi connectivity index (χ4v) is 0.550. The molecule has 0 rings (SSSR count). The van der Waals surface area contributed by atoms with Crippen molar-refractivity contribution < 1.29 is 4.74 Å². The average molecular weight is 146 g/mol. The Morgan fingerprint density at radius 3 is 1.89 bits per heavy atom. The molecule has 1 unspecified atom stereocenters. The standard InChI is InChI=1S/C7H14OS/c1-5(2)6(3)8-7(4)9/h5-6H,1-4H3. The molecule has 0 heterocycles. The van der Waals surface area contributed by atoms with E-state index < -0.39 is 0 Å². The second-order valence-corrected chi connectivity index (χ2v) is 3.13. The number of thiocarbonyl (C=S) groups is 1. The molecule has 9 heavy (non-hydrogen) atoms. The van der Waals surface area contributed by atoms with Crippen LogP contribution in [0.4, 0.5) is 0 Å². The summed E-state index contributed by atoms with van der Waals surface area (Å²) in [6.07, 6.45) is 0.252. The van der Waals surface area contributed by atoms with E-state index in [1.807, 2.05) is 6.92 Å². The Balaban J connectivity index is 3.50. The van der Waals surface area contributed by atoms with E-state index in [0.717, 1.165) is 0 Å². The first-order chi connectivity index (χ1) is 4.04. The van der Waals surface area contributed by atoms with Crippen LogP contribution in [0.15, 0.2) is 0 Å². The number of rotatable bonds is 2. The van der Waals surface area contributed by atoms with Crippen LogP contribution in [0.1, 0.15) is 27.7 Å². The van der Waals surface area contributed by atoms with Gasteiger partial charge in [-0.25, -0.2) is 0 Å². The van der Waals surface area contributed by atoms with Crippen LogP contribution in [0.3, 0.4) is 0 Å². The van der Waals surface area contributed by atoms with Gasteiger partial charge in [-0.15, -0.1) is 0 Å². The van der Waals surface area contributed by atoms with E-state index >= 15 is 0 Å². The number of hydrogen-bond acceptors (Lipinski definition) is 2. The Kier molecular flexibility index (Phi) is 3.78. The highest BCUT2D eigenvalue weighted by molar-refractivity contribution is 7.80. The van der Waals surface area contributed by atoms with Gasteiger partial charge in [0.15, 0.2) is 5.05 Å². The molecule has 0 aromatic heterocycles. The van der Waals surface area contributed by atoms with E-state index in [1.165, 1.54) is 0 Å². The molecule has 0 spiro atoms. The number of hydrogen-bond donors (Lipinski definition) is 0. The summed E-state index contributed by atoms with van der Waals surface area (Å²) in [5.74, 6) is 0.544. The second-order valence-electron chi connectivity index (χ2n) is 2.56. The molecule has 0 aliphatic carbocycles. The minimum atomic E-state index is 0.252. The summed E-state index contributed by atoms with van der Waals surface area (Å²) in [4.78, 5) is 0. The molecule has 0 fully saturated rings. The predicted octanol–water partition coefficient (Wildman–Crippen LogP) is 2.39. The van der Waals surface area contributed by atoms with Crippen LogP contribution in [0.5, 0.6) is 0 Å². The van der Waals surface area contributed by atoms with Gasteiger partial charge in [-0.1, -0.05) is 13.8 Å². The molecule has 54 valence electrons. The maximum Gasteiger partial charge on any atom is 0.157 e. The third-order valence-corrected chi connectivity index (χ3v) is 1.39. The Hall–Kier alpha value is -0.110. The molecule has 1 atom stereocenters. The maximum atomic E-state index is 5.24. The largest absolute Gasteiger partial charge is 0.484 e. The summed E-state index contributed by atoms with van der Waals surface area (Å²) < 4.78 is 5.24. The van der Waals surface area contributed by atoms with Crippen molar-refractivity contribution in [1.82, 2.24) is 0 Å². The molecular formula is C7H14OS. The summed E-state index contributed by atoms with van der Waals surface area (Å²) in [7, 11) is 0. The first-order valence-electron chi connectivity index (χ1n) is 3.21. The third kappa shape index (κ3) is 4.40. The van der Waals surface area contributed by atoms with Gasteiger partial charge in [0.05, 0.1) is 6.10 Å². The quantitative estimate of drug-likeness (QED) is 0.553. The van der Waals surface area contributed by atoms with Crippen molar-refractivity contribution in [2.24, 2.45) is 5.92 Å². The van der Waals surface area contributed by atoms with E-state index in [2.05, 4.69) is 13.8 Å². The van der Waals surface area contributed by atoms with Crippen LogP contribution in [-0.4, -0.2) is 11.2 Å². The zero-order valence-electron chi connectivity index (χ0n) is 6.47. The molecule has 0 aliphatic rings. The molecule has 2 heteroatoms. The van der Waals surface area contributed by atoms with Gasteiger partial charge < -0.3 is 4.74 Å². The maximum absolute atomic E-state index is 5.24. The molecule has 0 amide bonds. The third-order valence-electron chi connectivity index (χ3n) is 1.29. The number of ether oxygens (including phenoxy) is 1. The highest BCUT2D eigenvalue weighted by Crippen LogP contribution is 2.05. The van der Waals surface area contributed by atoms with Gasteiger partial charge in [-0.2, -0.15) is 0 Å². The van der Waals surface area contributed by atoms with Crippen LogP contribution in [-0.2, 0) is 4.74 Å². The fraction of sp³-hybridized carbons (Fsp3) is 0.857. The van der Waals surface area contributed by atoms with Gasteiger partial charge in [0.2, 0.25) is 0 Å². The minimum absolute atomic E-state index is 0.252. The van der Waals surface area contributed by atoms with Gasteiger partial charge in [-0.05, 0) is 25.1 Å². The lowest BCUT2D eigenvalue weighted by molar-refractivity contribution is 0.161. The topological polar surface area (TPSA) is 9.23 Å². The highest BCUT2D eigenvalue weighted by Gasteiger charge is 2.06. The van der Waals surface area contributed by atoms with Gasteiger partial charge in [-0.3, -0.25) is 0 Å². The zero-order chi connectivity index (χ0) is 7.44. The summed E-state index contributed by atoms with van der Waals surface area (Å²) in [5, 5.41) is 0.635. The zero-order valence-corrected chi connectivity index (χ0v) is 7.29. The Labute approximate surface area is 62.4 Å². The molecule has 0 aromatic carbocycles. The normalized spacial score (nSPS) is 13.4. The van der Waals surface area contributed by atoms with Crippen molar-refractivity contribution >= 4 is 17.3 Å². The van der Waals surface area contributed by atoms with E-state index in [9.17, 15) is 0 Å². The van der Waals surface area contributed by atoms with Gasteiger partial charge in [0, 0.05) is 6.92 Å². The lowest BCUT2D eigenvalue weighted by atomic mass is 10.1.